The molecule has 1 aromatic rings. The number of hydrogen-bond acceptors (Lipinski definition) is 2. The van der Waals surface area contributed by atoms with E-state index in [1.54, 1.807) is 18.5 Å². The molecule has 4 nitrogen and oxygen atoms in total. The van der Waals surface area contributed by atoms with Gasteiger partial charge >= 0.3 is 6.03 Å². The van der Waals surface area contributed by atoms with Crippen LogP contribution in [0.3, 0.4) is 0 Å². The van der Waals surface area contributed by atoms with Crippen LogP contribution in [0.1, 0.15) is 12.8 Å². The Bertz CT molecular complexity index is 379. The van der Waals surface area contributed by atoms with Gasteiger partial charge in [0.25, 0.3) is 0 Å². The van der Waals surface area contributed by atoms with E-state index in [1.165, 1.54) is 5.57 Å². The van der Waals surface area contributed by atoms with Gasteiger partial charge in [0.15, 0.2) is 0 Å². The van der Waals surface area contributed by atoms with Crippen LogP contribution in [0.25, 0.3) is 0 Å². The summed E-state index contributed by atoms with van der Waals surface area (Å²) >= 11 is 0. The quantitative estimate of drug-likeness (QED) is 0.733. The van der Waals surface area contributed by atoms with Crippen LogP contribution in [0.2, 0.25) is 0 Å². The second-order valence-electron chi connectivity index (χ2n) is 3.91. The Balaban J connectivity index is 1.91. The van der Waals surface area contributed by atoms with Crippen molar-refractivity contribution in [1.82, 2.24) is 9.88 Å². The molecule has 1 fully saturated rings. The number of aromatic nitrogens is 1. The van der Waals surface area contributed by atoms with Gasteiger partial charge in [-0.3, -0.25) is 4.98 Å². The van der Waals surface area contributed by atoms with E-state index in [9.17, 15) is 4.79 Å². The van der Waals surface area contributed by atoms with E-state index in [2.05, 4.69) is 16.9 Å². The molecule has 1 aliphatic heterocycles. The topological polar surface area (TPSA) is 45.2 Å². The molecule has 0 saturated carbocycles. The van der Waals surface area contributed by atoms with E-state index >= 15 is 0 Å². The summed E-state index contributed by atoms with van der Waals surface area (Å²) in [7, 11) is 0. The van der Waals surface area contributed by atoms with Crippen molar-refractivity contribution in [2.24, 2.45) is 0 Å². The Morgan fingerprint density at radius 2 is 2.19 bits per heavy atom. The van der Waals surface area contributed by atoms with Crippen molar-refractivity contribution in [3.63, 3.8) is 0 Å². The van der Waals surface area contributed by atoms with Gasteiger partial charge in [-0.05, 0) is 25.0 Å². The second kappa shape index (κ2) is 4.79. The van der Waals surface area contributed by atoms with Crippen molar-refractivity contribution in [3.8, 4) is 0 Å². The molecule has 0 bridgehead atoms. The van der Waals surface area contributed by atoms with Gasteiger partial charge in [-0.15, -0.1) is 0 Å². The number of piperidine rings is 1. The summed E-state index contributed by atoms with van der Waals surface area (Å²) in [6.45, 7) is 5.43. The van der Waals surface area contributed by atoms with Gasteiger partial charge in [0.1, 0.15) is 0 Å². The van der Waals surface area contributed by atoms with E-state index in [4.69, 9.17) is 0 Å². The average Bonchev–Trinajstić information content (AvgIpc) is 2.31. The number of pyridine rings is 1. The van der Waals surface area contributed by atoms with Crippen LogP contribution in [0.15, 0.2) is 36.7 Å². The number of nitrogens with one attached hydrogen (secondary N) is 1. The summed E-state index contributed by atoms with van der Waals surface area (Å²) in [5, 5.41) is 2.82. The summed E-state index contributed by atoms with van der Waals surface area (Å²) in [5.74, 6) is 0. The molecule has 0 spiro atoms. The molecule has 2 rings (SSSR count). The third kappa shape index (κ3) is 2.59. The molecule has 1 aromatic heterocycles. The molecular formula is C12H15N3O. The Kier molecular flexibility index (Phi) is 3.19. The SMILES string of the molecule is C=C1CCN(C(=O)Nc2cccnc2)CC1. The summed E-state index contributed by atoms with van der Waals surface area (Å²) in [6.07, 6.45) is 5.13. The smallest absolute Gasteiger partial charge is 0.321 e. The first-order chi connectivity index (χ1) is 7.75. The van der Waals surface area contributed by atoms with Gasteiger partial charge in [0.05, 0.1) is 11.9 Å². The number of amides is 2. The van der Waals surface area contributed by atoms with E-state index in [-0.39, 0.29) is 6.03 Å². The molecular weight excluding hydrogens is 202 g/mol. The van der Waals surface area contributed by atoms with Crippen molar-refractivity contribution < 1.29 is 4.79 Å². The summed E-state index contributed by atoms with van der Waals surface area (Å²) < 4.78 is 0. The first kappa shape index (κ1) is 10.7. The first-order valence-corrected chi connectivity index (χ1v) is 5.38. The van der Waals surface area contributed by atoms with E-state index in [0.29, 0.717) is 0 Å². The van der Waals surface area contributed by atoms with Crippen molar-refractivity contribution >= 4 is 11.7 Å². The highest BCUT2D eigenvalue weighted by Gasteiger charge is 2.17. The molecule has 2 heterocycles. The minimum absolute atomic E-state index is 0.0551. The Morgan fingerprint density at radius 1 is 1.44 bits per heavy atom. The van der Waals surface area contributed by atoms with Crippen LogP contribution in [-0.4, -0.2) is 29.0 Å². The van der Waals surface area contributed by atoms with Crippen LogP contribution in [0, 0.1) is 0 Å². The van der Waals surface area contributed by atoms with Gasteiger partial charge in [0, 0.05) is 19.3 Å². The molecule has 0 unspecified atom stereocenters. The molecule has 16 heavy (non-hydrogen) atoms. The minimum atomic E-state index is -0.0551. The number of carbonyl (C=O) groups is 1. The van der Waals surface area contributed by atoms with Crippen molar-refractivity contribution in [2.75, 3.05) is 18.4 Å². The number of likely N-dealkylation sites (tertiary alicyclic amines) is 1. The van der Waals surface area contributed by atoms with E-state index < -0.39 is 0 Å². The fraction of sp³-hybridized carbons (Fsp3) is 0.333. The van der Waals surface area contributed by atoms with E-state index in [0.717, 1.165) is 31.6 Å². The van der Waals surface area contributed by atoms with Gasteiger partial charge in [-0.25, -0.2) is 4.79 Å². The van der Waals surface area contributed by atoms with Crippen LogP contribution < -0.4 is 5.32 Å². The van der Waals surface area contributed by atoms with Crippen molar-refractivity contribution in [1.29, 1.82) is 0 Å². The largest absolute Gasteiger partial charge is 0.324 e. The van der Waals surface area contributed by atoms with Gasteiger partial charge in [-0.1, -0.05) is 12.2 Å². The fourth-order valence-corrected chi connectivity index (χ4v) is 1.67. The highest BCUT2D eigenvalue weighted by atomic mass is 16.2. The van der Waals surface area contributed by atoms with Crippen LogP contribution >= 0.6 is 0 Å². The molecule has 0 aliphatic carbocycles. The Hall–Kier alpha value is -1.84. The third-order valence-electron chi connectivity index (χ3n) is 2.67. The normalized spacial score (nSPS) is 16.0. The maximum Gasteiger partial charge on any atom is 0.321 e. The lowest BCUT2D eigenvalue weighted by Gasteiger charge is -2.28. The zero-order chi connectivity index (χ0) is 11.4. The molecule has 1 saturated heterocycles. The molecule has 2 amide bonds. The lowest BCUT2D eigenvalue weighted by molar-refractivity contribution is 0.207. The number of anilines is 1. The second-order valence-corrected chi connectivity index (χ2v) is 3.91. The Labute approximate surface area is 95.0 Å². The molecule has 1 N–H and O–H groups in total. The van der Waals surface area contributed by atoms with Gasteiger partial charge in [0.2, 0.25) is 0 Å². The highest BCUT2D eigenvalue weighted by Crippen LogP contribution is 2.15. The number of nitrogens with zero attached hydrogens (tertiary/aromatic N) is 2. The summed E-state index contributed by atoms with van der Waals surface area (Å²) in [4.78, 5) is 17.6. The zero-order valence-corrected chi connectivity index (χ0v) is 9.15. The first-order valence-electron chi connectivity index (χ1n) is 5.38. The molecule has 0 radical (unpaired) electrons. The monoisotopic (exact) mass is 217 g/mol. The predicted octanol–water partition coefficient (Wildman–Crippen LogP) is 2.27. The number of urea groups is 1. The fourth-order valence-electron chi connectivity index (χ4n) is 1.67. The predicted molar refractivity (Wildman–Crippen MR) is 63.2 cm³/mol. The molecule has 4 heteroatoms. The molecule has 0 aromatic carbocycles. The number of rotatable bonds is 1. The molecule has 84 valence electrons. The minimum Gasteiger partial charge on any atom is -0.324 e. The maximum atomic E-state index is 11.8. The Morgan fingerprint density at radius 3 is 2.81 bits per heavy atom. The van der Waals surface area contributed by atoms with Crippen molar-refractivity contribution in [3.05, 3.63) is 36.7 Å². The summed E-state index contributed by atoms with van der Waals surface area (Å²) in [5.41, 5.74) is 1.96. The van der Waals surface area contributed by atoms with Gasteiger partial charge in [-0.2, -0.15) is 0 Å². The molecule has 0 atom stereocenters. The standard InChI is InChI=1S/C12H15N3O/c1-10-4-7-15(8-5-10)12(16)14-11-3-2-6-13-9-11/h2-3,6,9H,1,4-5,7-8H2,(H,14,16). The van der Waals surface area contributed by atoms with Crippen LogP contribution in [0.5, 0.6) is 0 Å². The summed E-state index contributed by atoms with van der Waals surface area (Å²) in [6, 6.07) is 3.57. The number of hydrogen-bond donors (Lipinski definition) is 1. The van der Waals surface area contributed by atoms with Crippen LogP contribution in [-0.2, 0) is 0 Å². The van der Waals surface area contributed by atoms with Crippen molar-refractivity contribution in [2.45, 2.75) is 12.8 Å². The lowest BCUT2D eigenvalue weighted by atomic mass is 10.1. The average molecular weight is 217 g/mol. The zero-order valence-electron chi connectivity index (χ0n) is 9.15. The van der Waals surface area contributed by atoms with E-state index in [1.807, 2.05) is 11.0 Å². The number of carbonyl (C=O) groups excluding carboxylic acids is 1. The van der Waals surface area contributed by atoms with Crippen LogP contribution in [0.4, 0.5) is 10.5 Å². The third-order valence-corrected chi connectivity index (χ3v) is 2.67. The van der Waals surface area contributed by atoms with Gasteiger partial charge < -0.3 is 10.2 Å². The molecule has 1 aliphatic rings. The lowest BCUT2D eigenvalue weighted by Crippen LogP contribution is -2.39. The highest BCUT2D eigenvalue weighted by molar-refractivity contribution is 5.89. The maximum absolute atomic E-state index is 11.8.